The Balaban J connectivity index is 1.73. The maximum absolute atomic E-state index is 12.5. The Morgan fingerprint density at radius 3 is 2.23 bits per heavy atom. The van der Waals surface area contributed by atoms with E-state index >= 15 is 0 Å². The molecule has 0 aliphatic carbocycles. The zero-order valence-electron chi connectivity index (χ0n) is 15.6. The van der Waals surface area contributed by atoms with Crippen molar-refractivity contribution in [3.05, 3.63) is 88.3 Å². The molecular formula is C20H16ClN3O5S. The fourth-order valence-electron chi connectivity index (χ4n) is 2.52. The lowest BCUT2D eigenvalue weighted by Gasteiger charge is -2.11. The number of aromatic nitrogens is 1. The second-order valence-electron chi connectivity index (χ2n) is 6.35. The number of anilines is 2. The number of nitrogens with one attached hydrogen (secondary N) is 2. The minimum absolute atomic E-state index is 0.0303. The Bertz CT molecular complexity index is 1230. The Kier molecular flexibility index (Phi) is 6.04. The van der Waals surface area contributed by atoms with Gasteiger partial charge in [-0.1, -0.05) is 17.7 Å². The molecule has 2 N–H and O–H groups in total. The summed E-state index contributed by atoms with van der Waals surface area (Å²) in [4.78, 5) is 24.7. The predicted octanol–water partition coefficient (Wildman–Crippen LogP) is 2.88. The number of rotatable bonds is 5. The van der Waals surface area contributed by atoms with Crippen molar-refractivity contribution in [2.24, 2.45) is 0 Å². The Hall–Kier alpha value is -3.43. The largest absolute Gasteiger partial charge is 0.619 e. The smallest absolute Gasteiger partial charge is 0.256 e. The van der Waals surface area contributed by atoms with E-state index < -0.39 is 21.7 Å². The quantitative estimate of drug-likeness (QED) is 0.462. The van der Waals surface area contributed by atoms with Crippen molar-refractivity contribution in [1.82, 2.24) is 0 Å². The van der Waals surface area contributed by atoms with Crippen LogP contribution in [0.3, 0.4) is 0 Å². The van der Waals surface area contributed by atoms with Crippen LogP contribution in [0.4, 0.5) is 11.4 Å². The average molecular weight is 446 g/mol. The number of sulfone groups is 1. The van der Waals surface area contributed by atoms with Crippen molar-refractivity contribution in [2.75, 3.05) is 16.9 Å². The summed E-state index contributed by atoms with van der Waals surface area (Å²) in [5.74, 6) is -0.963. The lowest BCUT2D eigenvalue weighted by atomic mass is 10.2. The number of benzene rings is 2. The molecule has 0 fully saturated rings. The number of halogens is 1. The lowest BCUT2D eigenvalue weighted by Crippen LogP contribution is -2.25. The molecule has 154 valence electrons. The van der Waals surface area contributed by atoms with Gasteiger partial charge >= 0.3 is 0 Å². The van der Waals surface area contributed by atoms with Crippen molar-refractivity contribution in [3.8, 4) is 0 Å². The van der Waals surface area contributed by atoms with Crippen LogP contribution < -0.4 is 15.4 Å². The fraction of sp³-hybridized carbons (Fsp3) is 0.0500. The van der Waals surface area contributed by atoms with E-state index in [0.717, 1.165) is 6.26 Å². The molecule has 3 rings (SSSR count). The van der Waals surface area contributed by atoms with Gasteiger partial charge in [-0.2, -0.15) is 4.73 Å². The molecular weight excluding hydrogens is 430 g/mol. The van der Waals surface area contributed by atoms with Crippen molar-refractivity contribution < 1.29 is 22.7 Å². The van der Waals surface area contributed by atoms with Gasteiger partial charge in [-0.3, -0.25) is 9.59 Å². The number of carbonyl (C=O) groups excluding carboxylic acids is 2. The minimum atomic E-state index is -3.45. The third-order valence-electron chi connectivity index (χ3n) is 4.06. The maximum Gasteiger partial charge on any atom is 0.256 e. The SMILES string of the molecule is CS(=O)(=O)c1cccc(C(=O)Nc2ccc(NC(=O)c3cc[n+]([O-])cc3)cc2Cl)c1. The molecule has 30 heavy (non-hydrogen) atoms. The zero-order chi connectivity index (χ0) is 21.9. The van der Waals surface area contributed by atoms with Crippen molar-refractivity contribution in [1.29, 1.82) is 0 Å². The van der Waals surface area contributed by atoms with Gasteiger partial charge in [0.1, 0.15) is 0 Å². The van der Waals surface area contributed by atoms with E-state index in [1.54, 1.807) is 6.07 Å². The van der Waals surface area contributed by atoms with Crippen LogP contribution >= 0.6 is 11.6 Å². The Labute approximate surface area is 177 Å². The van der Waals surface area contributed by atoms with Crippen LogP contribution in [0.15, 0.2) is 71.9 Å². The highest BCUT2D eigenvalue weighted by atomic mass is 35.5. The topological polar surface area (TPSA) is 119 Å². The van der Waals surface area contributed by atoms with Crippen LogP contribution in [0.5, 0.6) is 0 Å². The zero-order valence-corrected chi connectivity index (χ0v) is 17.2. The predicted molar refractivity (Wildman–Crippen MR) is 112 cm³/mol. The highest BCUT2D eigenvalue weighted by molar-refractivity contribution is 7.90. The highest BCUT2D eigenvalue weighted by Crippen LogP contribution is 2.26. The second-order valence-corrected chi connectivity index (χ2v) is 8.77. The molecule has 0 saturated heterocycles. The molecule has 0 saturated carbocycles. The fourth-order valence-corrected chi connectivity index (χ4v) is 3.42. The Morgan fingerprint density at radius 2 is 1.60 bits per heavy atom. The number of carbonyl (C=O) groups is 2. The molecule has 0 spiro atoms. The normalized spacial score (nSPS) is 11.0. The van der Waals surface area contributed by atoms with Gasteiger partial charge in [0.15, 0.2) is 22.2 Å². The Morgan fingerprint density at radius 1 is 0.933 bits per heavy atom. The number of hydrogen-bond acceptors (Lipinski definition) is 5. The molecule has 1 aromatic heterocycles. The summed E-state index contributed by atoms with van der Waals surface area (Å²) >= 11 is 6.21. The van der Waals surface area contributed by atoms with E-state index in [-0.39, 0.29) is 21.2 Å². The number of nitrogens with zero attached hydrogens (tertiary/aromatic N) is 1. The molecule has 2 amide bonds. The molecule has 10 heteroatoms. The first kappa shape index (κ1) is 21.3. The lowest BCUT2D eigenvalue weighted by molar-refractivity contribution is -0.605. The number of amides is 2. The van der Waals surface area contributed by atoms with Gasteiger partial charge in [0, 0.05) is 29.6 Å². The summed E-state index contributed by atoms with van der Waals surface area (Å²) in [5, 5.41) is 16.5. The van der Waals surface area contributed by atoms with Crippen molar-refractivity contribution in [2.45, 2.75) is 4.90 Å². The molecule has 0 radical (unpaired) electrons. The summed E-state index contributed by atoms with van der Waals surface area (Å²) in [6.07, 6.45) is 3.47. The van der Waals surface area contributed by atoms with E-state index in [2.05, 4.69) is 10.6 Å². The molecule has 0 aliphatic rings. The molecule has 8 nitrogen and oxygen atoms in total. The van der Waals surface area contributed by atoms with E-state index in [9.17, 15) is 23.2 Å². The van der Waals surface area contributed by atoms with Gasteiger partial charge in [0.25, 0.3) is 11.8 Å². The number of pyridine rings is 1. The molecule has 3 aromatic rings. The van der Waals surface area contributed by atoms with Crippen molar-refractivity contribution >= 4 is 44.6 Å². The van der Waals surface area contributed by atoms with Crippen LogP contribution in [-0.2, 0) is 9.84 Å². The van der Waals surface area contributed by atoms with Crippen LogP contribution in [0.25, 0.3) is 0 Å². The van der Waals surface area contributed by atoms with Crippen molar-refractivity contribution in [3.63, 3.8) is 0 Å². The second kappa shape index (κ2) is 8.52. The van der Waals surface area contributed by atoms with Gasteiger partial charge in [-0.25, -0.2) is 8.42 Å². The molecule has 0 atom stereocenters. The van der Waals surface area contributed by atoms with Crippen LogP contribution in [0.2, 0.25) is 5.02 Å². The third kappa shape index (κ3) is 5.13. The van der Waals surface area contributed by atoms with Gasteiger partial charge in [-0.05, 0) is 36.4 Å². The molecule has 0 unspecified atom stereocenters. The molecule has 2 aromatic carbocycles. The van der Waals surface area contributed by atoms with E-state index in [0.29, 0.717) is 16.0 Å². The average Bonchev–Trinajstić information content (AvgIpc) is 2.70. The highest BCUT2D eigenvalue weighted by Gasteiger charge is 2.14. The van der Waals surface area contributed by atoms with Crippen LogP contribution in [0, 0.1) is 5.21 Å². The monoisotopic (exact) mass is 445 g/mol. The summed E-state index contributed by atoms with van der Waals surface area (Å²) in [7, 11) is -3.45. The summed E-state index contributed by atoms with van der Waals surface area (Å²) in [6, 6.07) is 12.9. The first-order valence-electron chi connectivity index (χ1n) is 8.55. The van der Waals surface area contributed by atoms with Gasteiger partial charge in [0.2, 0.25) is 0 Å². The molecule has 1 heterocycles. The van der Waals surface area contributed by atoms with E-state index in [1.165, 1.54) is 60.9 Å². The summed E-state index contributed by atoms with van der Waals surface area (Å²) in [5.41, 5.74) is 1.13. The van der Waals surface area contributed by atoms with Gasteiger partial charge < -0.3 is 15.8 Å². The minimum Gasteiger partial charge on any atom is -0.619 e. The summed E-state index contributed by atoms with van der Waals surface area (Å²) in [6.45, 7) is 0. The maximum atomic E-state index is 12.5. The van der Waals surface area contributed by atoms with E-state index in [1.807, 2.05) is 0 Å². The van der Waals surface area contributed by atoms with Gasteiger partial charge in [0.05, 0.1) is 21.2 Å². The first-order chi connectivity index (χ1) is 14.1. The molecule has 0 bridgehead atoms. The third-order valence-corrected chi connectivity index (χ3v) is 5.49. The standard InChI is InChI=1S/C20H16ClN3O5S/c1-30(28,29)16-4-2-3-14(11-16)20(26)23-18-6-5-15(12-17(18)21)22-19(25)13-7-9-24(27)10-8-13/h2-12H,1H3,(H,22,25)(H,23,26). The van der Waals surface area contributed by atoms with Crippen LogP contribution in [-0.4, -0.2) is 26.5 Å². The van der Waals surface area contributed by atoms with E-state index in [4.69, 9.17) is 11.6 Å². The molecule has 0 aliphatic heterocycles. The van der Waals surface area contributed by atoms with Gasteiger partial charge in [-0.15, -0.1) is 0 Å². The van der Waals surface area contributed by atoms with Crippen LogP contribution in [0.1, 0.15) is 20.7 Å². The number of hydrogen-bond donors (Lipinski definition) is 2. The summed E-state index contributed by atoms with van der Waals surface area (Å²) < 4.78 is 23.9. The first-order valence-corrected chi connectivity index (χ1v) is 10.8.